The Bertz CT molecular complexity index is 435. The highest BCUT2D eigenvalue weighted by Gasteiger charge is 2.39. The fourth-order valence-corrected chi connectivity index (χ4v) is 2.42. The highest BCUT2D eigenvalue weighted by atomic mass is 16.2. The average Bonchev–Trinajstić information content (AvgIpc) is 2.28. The summed E-state index contributed by atoms with van der Waals surface area (Å²) >= 11 is 0. The van der Waals surface area contributed by atoms with E-state index in [1.807, 2.05) is 31.2 Å². The van der Waals surface area contributed by atoms with Crippen molar-refractivity contribution in [2.75, 3.05) is 5.73 Å². The number of amides is 2. The van der Waals surface area contributed by atoms with Gasteiger partial charge in [0.1, 0.15) is 0 Å². The van der Waals surface area contributed by atoms with E-state index in [4.69, 9.17) is 5.73 Å². The standard InChI is InChI=1S/C13H16N2O2/c1-2-13(7-11(16)15-12(17)8-13)9-3-5-10(14)6-4-9/h3-6H,2,7-8,14H2,1H3,(H,15,16,17). The first-order valence-electron chi connectivity index (χ1n) is 5.74. The molecule has 2 rings (SSSR count). The van der Waals surface area contributed by atoms with Crippen LogP contribution in [0, 0.1) is 0 Å². The molecule has 0 atom stereocenters. The molecule has 1 aliphatic rings. The topological polar surface area (TPSA) is 72.2 Å². The molecule has 0 radical (unpaired) electrons. The molecule has 90 valence electrons. The monoisotopic (exact) mass is 232 g/mol. The number of nitrogen functional groups attached to an aromatic ring is 1. The van der Waals surface area contributed by atoms with Crippen molar-refractivity contribution >= 4 is 17.5 Å². The fraction of sp³-hybridized carbons (Fsp3) is 0.385. The van der Waals surface area contributed by atoms with Crippen molar-refractivity contribution in [3.05, 3.63) is 29.8 Å². The van der Waals surface area contributed by atoms with Crippen LogP contribution in [0.5, 0.6) is 0 Å². The molecule has 0 saturated carbocycles. The number of nitrogens with one attached hydrogen (secondary N) is 1. The van der Waals surface area contributed by atoms with Gasteiger partial charge in [-0.3, -0.25) is 14.9 Å². The molecule has 17 heavy (non-hydrogen) atoms. The van der Waals surface area contributed by atoms with Gasteiger partial charge >= 0.3 is 0 Å². The lowest BCUT2D eigenvalue weighted by Crippen LogP contribution is -2.46. The Hall–Kier alpha value is -1.84. The summed E-state index contributed by atoms with van der Waals surface area (Å²) in [6, 6.07) is 7.43. The van der Waals surface area contributed by atoms with Crippen LogP contribution in [0.25, 0.3) is 0 Å². The summed E-state index contributed by atoms with van der Waals surface area (Å²) in [5, 5.41) is 2.35. The van der Waals surface area contributed by atoms with Gasteiger partial charge in [-0.1, -0.05) is 19.1 Å². The fourth-order valence-electron chi connectivity index (χ4n) is 2.42. The molecule has 1 saturated heterocycles. The number of piperidine rings is 1. The van der Waals surface area contributed by atoms with Crippen molar-refractivity contribution in [2.24, 2.45) is 0 Å². The van der Waals surface area contributed by atoms with Gasteiger partial charge in [-0.25, -0.2) is 0 Å². The zero-order chi connectivity index (χ0) is 12.5. The summed E-state index contributed by atoms with van der Waals surface area (Å²) in [4.78, 5) is 23.1. The van der Waals surface area contributed by atoms with Crippen molar-refractivity contribution in [1.29, 1.82) is 0 Å². The lowest BCUT2D eigenvalue weighted by atomic mass is 9.71. The van der Waals surface area contributed by atoms with Gasteiger partial charge in [0.2, 0.25) is 11.8 Å². The lowest BCUT2D eigenvalue weighted by molar-refractivity contribution is -0.135. The molecule has 3 N–H and O–H groups in total. The second kappa shape index (κ2) is 4.20. The van der Waals surface area contributed by atoms with Gasteiger partial charge in [-0.2, -0.15) is 0 Å². The van der Waals surface area contributed by atoms with Gasteiger partial charge in [0.25, 0.3) is 0 Å². The number of rotatable bonds is 2. The molecule has 0 spiro atoms. The van der Waals surface area contributed by atoms with Crippen molar-refractivity contribution in [3.8, 4) is 0 Å². The minimum Gasteiger partial charge on any atom is -0.399 e. The van der Waals surface area contributed by atoms with Gasteiger partial charge in [-0.05, 0) is 24.1 Å². The van der Waals surface area contributed by atoms with Crippen LogP contribution < -0.4 is 11.1 Å². The molecule has 1 aromatic rings. The Morgan fingerprint density at radius 2 is 1.71 bits per heavy atom. The zero-order valence-corrected chi connectivity index (χ0v) is 9.82. The number of carbonyl (C=O) groups is 2. The Labute approximate surface area is 100 Å². The first-order chi connectivity index (χ1) is 8.05. The molecule has 1 aliphatic heterocycles. The first kappa shape index (κ1) is 11.6. The number of imide groups is 1. The molecular weight excluding hydrogens is 216 g/mol. The quantitative estimate of drug-likeness (QED) is 0.597. The van der Waals surface area contributed by atoms with E-state index >= 15 is 0 Å². The average molecular weight is 232 g/mol. The predicted molar refractivity (Wildman–Crippen MR) is 65.2 cm³/mol. The summed E-state index contributed by atoms with van der Waals surface area (Å²) in [5.74, 6) is -0.389. The summed E-state index contributed by atoms with van der Waals surface area (Å²) < 4.78 is 0. The maximum atomic E-state index is 11.5. The van der Waals surface area contributed by atoms with Gasteiger partial charge in [0, 0.05) is 23.9 Å². The van der Waals surface area contributed by atoms with Crippen LogP contribution in [0.2, 0.25) is 0 Å². The summed E-state index contributed by atoms with van der Waals surface area (Å²) in [5.41, 5.74) is 6.98. The Morgan fingerprint density at radius 1 is 1.18 bits per heavy atom. The molecule has 0 bridgehead atoms. The second-order valence-electron chi connectivity index (χ2n) is 4.58. The molecule has 0 aliphatic carbocycles. The smallest absolute Gasteiger partial charge is 0.227 e. The van der Waals surface area contributed by atoms with Gasteiger partial charge in [0.05, 0.1) is 0 Å². The largest absolute Gasteiger partial charge is 0.399 e. The van der Waals surface area contributed by atoms with Crippen LogP contribution in [-0.4, -0.2) is 11.8 Å². The molecule has 2 amide bonds. The van der Waals surface area contributed by atoms with Crippen molar-refractivity contribution in [3.63, 3.8) is 0 Å². The Kier molecular flexibility index (Phi) is 2.88. The number of hydrogen-bond donors (Lipinski definition) is 2. The lowest BCUT2D eigenvalue weighted by Gasteiger charge is -2.35. The third-order valence-corrected chi connectivity index (χ3v) is 3.48. The van der Waals surface area contributed by atoms with Crippen LogP contribution in [0.15, 0.2) is 24.3 Å². The SMILES string of the molecule is CCC1(c2ccc(N)cc2)CC(=O)NC(=O)C1. The summed E-state index contributed by atoms with van der Waals surface area (Å²) in [7, 11) is 0. The highest BCUT2D eigenvalue weighted by molar-refractivity contribution is 5.99. The molecule has 0 aromatic heterocycles. The van der Waals surface area contributed by atoms with E-state index in [0.29, 0.717) is 18.5 Å². The Morgan fingerprint density at radius 3 is 2.18 bits per heavy atom. The minimum absolute atomic E-state index is 0.195. The van der Waals surface area contributed by atoms with Crippen molar-refractivity contribution in [1.82, 2.24) is 5.32 Å². The van der Waals surface area contributed by atoms with Crippen molar-refractivity contribution in [2.45, 2.75) is 31.6 Å². The van der Waals surface area contributed by atoms with E-state index in [0.717, 1.165) is 12.0 Å². The van der Waals surface area contributed by atoms with Gasteiger partial charge in [0.15, 0.2) is 0 Å². The van der Waals surface area contributed by atoms with E-state index < -0.39 is 0 Å². The van der Waals surface area contributed by atoms with Crippen LogP contribution in [0.1, 0.15) is 31.7 Å². The number of anilines is 1. The van der Waals surface area contributed by atoms with E-state index in [-0.39, 0.29) is 17.2 Å². The Balaban J connectivity index is 2.39. The van der Waals surface area contributed by atoms with Crippen LogP contribution in [0.3, 0.4) is 0 Å². The zero-order valence-electron chi connectivity index (χ0n) is 9.82. The summed E-state index contributed by atoms with van der Waals surface area (Å²) in [6.07, 6.45) is 1.48. The van der Waals surface area contributed by atoms with E-state index in [2.05, 4.69) is 5.32 Å². The van der Waals surface area contributed by atoms with Gasteiger partial charge < -0.3 is 5.73 Å². The van der Waals surface area contributed by atoms with Gasteiger partial charge in [-0.15, -0.1) is 0 Å². The van der Waals surface area contributed by atoms with E-state index in [1.54, 1.807) is 0 Å². The third-order valence-electron chi connectivity index (χ3n) is 3.48. The first-order valence-corrected chi connectivity index (χ1v) is 5.74. The van der Waals surface area contributed by atoms with Crippen LogP contribution >= 0.6 is 0 Å². The molecule has 4 heteroatoms. The summed E-state index contributed by atoms with van der Waals surface area (Å²) in [6.45, 7) is 2.00. The third kappa shape index (κ3) is 2.16. The molecular formula is C13H16N2O2. The van der Waals surface area contributed by atoms with Crippen molar-refractivity contribution < 1.29 is 9.59 Å². The maximum Gasteiger partial charge on any atom is 0.227 e. The number of nitrogens with two attached hydrogens (primary N) is 1. The molecule has 1 fully saturated rings. The van der Waals surface area contributed by atoms with Crippen LogP contribution in [-0.2, 0) is 15.0 Å². The highest BCUT2D eigenvalue weighted by Crippen LogP contribution is 2.37. The number of carbonyl (C=O) groups excluding carboxylic acids is 2. The van der Waals surface area contributed by atoms with E-state index in [1.165, 1.54) is 0 Å². The number of benzene rings is 1. The van der Waals surface area contributed by atoms with E-state index in [9.17, 15) is 9.59 Å². The number of hydrogen-bond acceptors (Lipinski definition) is 3. The molecule has 1 heterocycles. The molecule has 4 nitrogen and oxygen atoms in total. The maximum absolute atomic E-state index is 11.5. The minimum atomic E-state index is -0.368. The predicted octanol–water partition coefficient (Wildman–Crippen LogP) is 1.35. The molecule has 1 aromatic carbocycles. The normalized spacial score (nSPS) is 18.9. The molecule has 0 unspecified atom stereocenters. The van der Waals surface area contributed by atoms with Crippen LogP contribution in [0.4, 0.5) is 5.69 Å². The second-order valence-corrected chi connectivity index (χ2v) is 4.58.